The summed E-state index contributed by atoms with van der Waals surface area (Å²) in [6.45, 7) is 3.11. The van der Waals surface area contributed by atoms with E-state index in [0.29, 0.717) is 58.5 Å². The van der Waals surface area contributed by atoms with Gasteiger partial charge in [-0.05, 0) is 24.5 Å². The summed E-state index contributed by atoms with van der Waals surface area (Å²) in [6, 6.07) is 5.75. The monoisotopic (exact) mass is 622 g/mol. The Kier molecular flexibility index (Phi) is 15.2. The van der Waals surface area contributed by atoms with Crippen LogP contribution in [0.1, 0.15) is 36.8 Å². The van der Waals surface area contributed by atoms with Gasteiger partial charge in [0.1, 0.15) is 5.75 Å². The molecule has 244 valence electrons. The Bertz CT molecular complexity index is 1110. The minimum atomic E-state index is -1.13. The van der Waals surface area contributed by atoms with Gasteiger partial charge in [-0.25, -0.2) is 4.79 Å². The highest BCUT2D eigenvalue weighted by molar-refractivity contribution is 6.13. The summed E-state index contributed by atoms with van der Waals surface area (Å²) in [6.07, 6.45) is 1.28. The second-order valence-corrected chi connectivity index (χ2v) is 10.2. The first-order valence-electron chi connectivity index (χ1n) is 14.6. The fraction of sp³-hybridized carbons (Fsp3) is 0.600. The minimum absolute atomic E-state index is 0.0238. The van der Waals surface area contributed by atoms with E-state index in [1.807, 2.05) is 18.2 Å². The molecule has 3 N–H and O–H groups in total. The van der Waals surface area contributed by atoms with Crippen molar-refractivity contribution in [2.24, 2.45) is 0 Å². The van der Waals surface area contributed by atoms with Crippen molar-refractivity contribution < 1.29 is 57.8 Å². The van der Waals surface area contributed by atoms with Gasteiger partial charge < -0.3 is 44.0 Å². The molecule has 3 unspecified atom stereocenters. The van der Waals surface area contributed by atoms with E-state index in [4.69, 9.17) is 28.4 Å². The summed E-state index contributed by atoms with van der Waals surface area (Å²) in [5, 5.41) is 22.0. The van der Waals surface area contributed by atoms with Crippen LogP contribution < -0.4 is 10.1 Å². The normalized spacial score (nSPS) is 19.9. The number of hydrogen-bond acceptors (Lipinski definition) is 11. The van der Waals surface area contributed by atoms with Gasteiger partial charge in [-0.15, -0.1) is 0 Å². The molecule has 14 nitrogen and oxygen atoms in total. The van der Waals surface area contributed by atoms with E-state index < -0.39 is 36.3 Å². The number of carbonyl (C=O) groups is 4. The molecule has 3 amide bonds. The Balaban J connectivity index is 1.21. The van der Waals surface area contributed by atoms with E-state index in [2.05, 4.69) is 5.32 Å². The number of nitrogens with zero attached hydrogens (tertiary/aromatic N) is 1. The molecule has 1 fully saturated rings. The van der Waals surface area contributed by atoms with Crippen molar-refractivity contribution >= 4 is 23.7 Å². The third-order valence-corrected chi connectivity index (χ3v) is 6.76. The van der Waals surface area contributed by atoms with E-state index in [0.717, 1.165) is 28.9 Å². The van der Waals surface area contributed by atoms with Crippen LogP contribution in [-0.4, -0.2) is 117 Å². The van der Waals surface area contributed by atoms with Crippen LogP contribution in [0.5, 0.6) is 5.75 Å². The van der Waals surface area contributed by atoms with E-state index in [9.17, 15) is 29.4 Å². The molecule has 3 atom stereocenters. The lowest BCUT2D eigenvalue weighted by Gasteiger charge is -2.31. The van der Waals surface area contributed by atoms with Crippen LogP contribution in [0.2, 0.25) is 0 Å². The van der Waals surface area contributed by atoms with Crippen LogP contribution in [0.25, 0.3) is 0 Å². The van der Waals surface area contributed by atoms with Gasteiger partial charge in [0.15, 0.2) is 6.10 Å². The minimum Gasteiger partial charge on any atom is -0.479 e. The Morgan fingerprint density at radius 2 is 1.68 bits per heavy atom. The predicted molar refractivity (Wildman–Crippen MR) is 154 cm³/mol. The van der Waals surface area contributed by atoms with Crippen LogP contribution in [0.4, 0.5) is 0 Å². The van der Waals surface area contributed by atoms with Crippen molar-refractivity contribution in [3.8, 4) is 5.75 Å². The second-order valence-electron chi connectivity index (χ2n) is 10.2. The highest BCUT2D eigenvalue weighted by Crippen LogP contribution is 2.28. The maximum atomic E-state index is 11.8. The van der Waals surface area contributed by atoms with Gasteiger partial charge >= 0.3 is 5.97 Å². The summed E-state index contributed by atoms with van der Waals surface area (Å²) < 4.78 is 33.3. The smallest absolute Gasteiger partial charge is 0.333 e. The number of rotatable bonds is 21. The topological polar surface area (TPSA) is 179 Å². The van der Waals surface area contributed by atoms with E-state index in [-0.39, 0.29) is 31.7 Å². The lowest BCUT2D eigenvalue weighted by Crippen LogP contribution is -2.42. The predicted octanol–water partition coefficient (Wildman–Crippen LogP) is 0.576. The fourth-order valence-corrected chi connectivity index (χ4v) is 4.51. The van der Waals surface area contributed by atoms with E-state index in [1.54, 1.807) is 7.11 Å². The number of nitrogens with one attached hydrogen (secondary N) is 1. The van der Waals surface area contributed by atoms with Crippen LogP contribution >= 0.6 is 0 Å². The molecule has 1 saturated heterocycles. The van der Waals surface area contributed by atoms with Crippen molar-refractivity contribution in [1.29, 1.82) is 0 Å². The number of carbonyl (C=O) groups excluding carboxylic acids is 3. The van der Waals surface area contributed by atoms with Crippen molar-refractivity contribution in [2.75, 3.05) is 59.8 Å². The van der Waals surface area contributed by atoms with Crippen molar-refractivity contribution in [1.82, 2.24) is 10.2 Å². The number of benzene rings is 1. The molecular weight excluding hydrogens is 580 g/mol. The zero-order valence-corrected chi connectivity index (χ0v) is 24.9. The molecule has 1 aromatic rings. The molecule has 0 bridgehead atoms. The number of methoxy groups -OCH3 is 1. The first-order valence-corrected chi connectivity index (χ1v) is 14.6. The highest BCUT2D eigenvalue weighted by atomic mass is 16.7. The summed E-state index contributed by atoms with van der Waals surface area (Å²) >= 11 is 0. The van der Waals surface area contributed by atoms with Gasteiger partial charge in [-0.2, -0.15) is 0 Å². The molecular formula is C30H42N2O12. The lowest BCUT2D eigenvalue weighted by molar-refractivity contribution is -0.195. The highest BCUT2D eigenvalue weighted by Gasteiger charge is 2.34. The lowest BCUT2D eigenvalue weighted by atomic mass is 10.0. The Morgan fingerprint density at radius 1 is 1.00 bits per heavy atom. The van der Waals surface area contributed by atoms with Crippen LogP contribution in [-0.2, 0) is 55.9 Å². The fourth-order valence-electron chi connectivity index (χ4n) is 4.51. The largest absolute Gasteiger partial charge is 0.479 e. The number of ether oxygens (including phenoxy) is 6. The molecule has 0 aliphatic carbocycles. The van der Waals surface area contributed by atoms with Gasteiger partial charge in [-0.3, -0.25) is 19.3 Å². The third-order valence-electron chi connectivity index (χ3n) is 6.76. The Hall–Kier alpha value is -3.40. The van der Waals surface area contributed by atoms with Crippen LogP contribution in [0.15, 0.2) is 30.4 Å². The molecule has 2 aliphatic rings. The maximum absolute atomic E-state index is 11.8. The van der Waals surface area contributed by atoms with Crippen molar-refractivity contribution in [2.45, 2.75) is 57.2 Å². The summed E-state index contributed by atoms with van der Waals surface area (Å²) in [4.78, 5) is 47.1. The van der Waals surface area contributed by atoms with Gasteiger partial charge in [0.25, 0.3) is 11.8 Å². The first-order chi connectivity index (χ1) is 21.3. The number of aliphatic carboxylic acids is 1. The zero-order valence-electron chi connectivity index (χ0n) is 24.9. The van der Waals surface area contributed by atoms with E-state index in [1.165, 1.54) is 12.2 Å². The maximum Gasteiger partial charge on any atom is 0.333 e. The number of aliphatic hydroxyl groups is 1. The van der Waals surface area contributed by atoms with Crippen LogP contribution in [0, 0.1) is 0 Å². The number of hydrogen-bond donors (Lipinski definition) is 3. The Labute approximate surface area is 256 Å². The molecule has 1 aromatic carbocycles. The average Bonchev–Trinajstić information content (AvgIpc) is 3.31. The Morgan fingerprint density at radius 3 is 2.36 bits per heavy atom. The van der Waals surface area contributed by atoms with Gasteiger partial charge in [0.05, 0.1) is 45.7 Å². The van der Waals surface area contributed by atoms with Crippen LogP contribution in [0.3, 0.4) is 0 Å². The third kappa shape index (κ3) is 12.3. The molecule has 0 saturated carbocycles. The number of aliphatic hydroxyl groups excluding tert-OH is 1. The second kappa shape index (κ2) is 19.1. The summed E-state index contributed by atoms with van der Waals surface area (Å²) in [5.41, 5.74) is 1.80. The molecule has 14 heteroatoms. The molecule has 2 aliphatic heterocycles. The van der Waals surface area contributed by atoms with Gasteiger partial charge in [0.2, 0.25) is 12.2 Å². The molecule has 0 aromatic heterocycles. The van der Waals surface area contributed by atoms with Gasteiger partial charge in [-0.1, -0.05) is 12.1 Å². The number of carboxylic acid groups (broad SMARTS) is 1. The molecule has 2 heterocycles. The van der Waals surface area contributed by atoms with Crippen molar-refractivity contribution in [3.05, 3.63) is 41.5 Å². The summed E-state index contributed by atoms with van der Waals surface area (Å²) in [5.74, 6) is -1.69. The van der Waals surface area contributed by atoms with Gasteiger partial charge in [0, 0.05) is 63.8 Å². The summed E-state index contributed by atoms with van der Waals surface area (Å²) in [7, 11) is 1.57. The standard InChI is InChI=1S/C30H42N2O12/c1-39-20-22-5-4-21(17-24(22)43-29-19-23(33)18-25(44-29)30(37)38)3-2-11-40-13-15-42-16-14-41-12-9-31-26(34)8-10-32-27(35)6-7-28(32)36/h4-7,17,23,25,29,33H,2-3,8-16,18-20H2,1H3,(H,31,34)(H,37,38). The molecule has 0 spiro atoms. The van der Waals surface area contributed by atoms with Crippen molar-refractivity contribution in [3.63, 3.8) is 0 Å². The number of carboxylic acids is 1. The molecule has 3 rings (SSSR count). The first kappa shape index (κ1) is 35.1. The SMILES string of the molecule is COCc1ccc(CCCOCCOCCOCCNC(=O)CCN2C(=O)C=CC2=O)cc1OC1CC(O)CC(C(=O)O)O1. The quantitative estimate of drug-likeness (QED) is 0.128. The molecule has 0 radical (unpaired) electrons. The number of amides is 3. The average molecular weight is 623 g/mol. The molecule has 44 heavy (non-hydrogen) atoms. The number of aryl methyl sites for hydroxylation is 1. The van der Waals surface area contributed by atoms with E-state index >= 15 is 0 Å². The zero-order chi connectivity index (χ0) is 31.7. The number of imide groups is 1.